The van der Waals surface area contributed by atoms with E-state index in [0.29, 0.717) is 13.0 Å². The standard InChI is InChI=1S/C24H24BrNO2/c1-17-5-3-6-19(10-9-17)14-24(27)26-22-7-4-8-23(15-22)28-16-20-11-18(2)12-21(25)13-20/h4-13,15H,3,14,16H2,1-2H3,(H,26,27). The van der Waals surface area contributed by atoms with Crippen LogP contribution in [0, 0.1) is 6.92 Å². The average Bonchev–Trinajstić information content (AvgIpc) is 2.84. The summed E-state index contributed by atoms with van der Waals surface area (Å²) in [5, 5.41) is 2.96. The lowest BCUT2D eigenvalue weighted by molar-refractivity contribution is -0.115. The van der Waals surface area contributed by atoms with Crippen LogP contribution in [0.2, 0.25) is 0 Å². The molecule has 1 N–H and O–H groups in total. The number of aryl methyl sites for hydroxylation is 1. The molecule has 144 valence electrons. The maximum atomic E-state index is 12.4. The summed E-state index contributed by atoms with van der Waals surface area (Å²) in [6.07, 6.45) is 9.52. The average molecular weight is 438 g/mol. The minimum absolute atomic E-state index is 0.0322. The van der Waals surface area contributed by atoms with Crippen LogP contribution in [0.1, 0.15) is 30.9 Å². The lowest BCUT2D eigenvalue weighted by atomic mass is 10.1. The highest BCUT2D eigenvalue weighted by atomic mass is 79.9. The predicted molar refractivity (Wildman–Crippen MR) is 118 cm³/mol. The smallest absolute Gasteiger partial charge is 0.228 e. The fraction of sp³-hybridized carbons (Fsp3) is 0.208. The molecule has 3 rings (SSSR count). The molecule has 2 aromatic carbocycles. The second kappa shape index (κ2) is 9.56. The van der Waals surface area contributed by atoms with E-state index in [1.165, 1.54) is 11.1 Å². The second-order valence-electron chi connectivity index (χ2n) is 6.97. The first kappa shape index (κ1) is 20.2. The molecule has 2 aromatic rings. The molecule has 28 heavy (non-hydrogen) atoms. The third-order valence-electron chi connectivity index (χ3n) is 4.37. The molecule has 0 radical (unpaired) electrons. The minimum atomic E-state index is -0.0322. The number of carbonyl (C=O) groups is 1. The fourth-order valence-corrected chi connectivity index (χ4v) is 3.67. The van der Waals surface area contributed by atoms with Crippen molar-refractivity contribution in [2.75, 3.05) is 5.32 Å². The van der Waals surface area contributed by atoms with Crippen LogP contribution in [0.25, 0.3) is 0 Å². The molecule has 0 heterocycles. The van der Waals surface area contributed by atoms with E-state index in [2.05, 4.69) is 59.4 Å². The van der Waals surface area contributed by atoms with Gasteiger partial charge in [0.25, 0.3) is 0 Å². The summed E-state index contributed by atoms with van der Waals surface area (Å²) in [5.41, 5.74) is 5.26. The Bertz CT molecular complexity index is 937. The Morgan fingerprint density at radius 3 is 2.79 bits per heavy atom. The van der Waals surface area contributed by atoms with Crippen LogP contribution < -0.4 is 10.1 Å². The first-order valence-electron chi connectivity index (χ1n) is 9.30. The molecule has 0 saturated carbocycles. The van der Waals surface area contributed by atoms with Crippen molar-refractivity contribution >= 4 is 27.5 Å². The Morgan fingerprint density at radius 1 is 1.11 bits per heavy atom. The molecule has 0 aliphatic heterocycles. The van der Waals surface area contributed by atoms with Gasteiger partial charge in [-0.15, -0.1) is 0 Å². The number of nitrogens with one attached hydrogen (secondary N) is 1. The Hall–Kier alpha value is -2.59. The number of allylic oxidation sites excluding steroid dienone is 5. The van der Waals surface area contributed by atoms with Gasteiger partial charge in [-0.3, -0.25) is 4.79 Å². The van der Waals surface area contributed by atoms with Gasteiger partial charge in [0.1, 0.15) is 12.4 Å². The molecule has 1 aliphatic carbocycles. The van der Waals surface area contributed by atoms with E-state index in [1.807, 2.05) is 42.5 Å². The largest absolute Gasteiger partial charge is 0.489 e. The van der Waals surface area contributed by atoms with Gasteiger partial charge < -0.3 is 10.1 Å². The van der Waals surface area contributed by atoms with Crippen LogP contribution in [-0.2, 0) is 11.4 Å². The Morgan fingerprint density at radius 2 is 1.96 bits per heavy atom. The van der Waals surface area contributed by atoms with Crippen LogP contribution in [0.5, 0.6) is 5.75 Å². The monoisotopic (exact) mass is 437 g/mol. The van der Waals surface area contributed by atoms with Gasteiger partial charge in [-0.05, 0) is 61.2 Å². The quantitative estimate of drug-likeness (QED) is 0.559. The maximum absolute atomic E-state index is 12.4. The van der Waals surface area contributed by atoms with E-state index in [0.717, 1.165) is 33.5 Å². The van der Waals surface area contributed by atoms with E-state index in [9.17, 15) is 4.79 Å². The van der Waals surface area contributed by atoms with Crippen molar-refractivity contribution in [3.63, 3.8) is 0 Å². The Labute approximate surface area is 174 Å². The van der Waals surface area contributed by atoms with E-state index in [1.54, 1.807) is 0 Å². The highest BCUT2D eigenvalue weighted by Crippen LogP contribution is 2.21. The summed E-state index contributed by atoms with van der Waals surface area (Å²) < 4.78 is 6.94. The van der Waals surface area contributed by atoms with Crippen molar-refractivity contribution in [3.8, 4) is 5.75 Å². The zero-order chi connectivity index (χ0) is 19.9. The molecule has 0 fully saturated rings. The number of amides is 1. The number of anilines is 1. The third-order valence-corrected chi connectivity index (χ3v) is 4.83. The van der Waals surface area contributed by atoms with E-state index < -0.39 is 0 Å². The molecule has 0 saturated heterocycles. The molecule has 0 unspecified atom stereocenters. The lowest BCUT2D eigenvalue weighted by Gasteiger charge is -2.10. The SMILES string of the molecule is CC1=CCC=C(CC(=O)Nc2cccc(OCc3cc(C)cc(Br)c3)c2)C=C1. The second-order valence-corrected chi connectivity index (χ2v) is 7.89. The minimum Gasteiger partial charge on any atom is -0.489 e. The zero-order valence-corrected chi connectivity index (χ0v) is 17.8. The summed E-state index contributed by atoms with van der Waals surface area (Å²) >= 11 is 3.51. The lowest BCUT2D eigenvalue weighted by Crippen LogP contribution is -2.11. The number of hydrogen-bond acceptors (Lipinski definition) is 2. The van der Waals surface area contributed by atoms with Gasteiger partial charge in [0.05, 0.1) is 6.42 Å². The number of halogens is 1. The van der Waals surface area contributed by atoms with Crippen LogP contribution >= 0.6 is 15.9 Å². The van der Waals surface area contributed by atoms with Crippen LogP contribution in [0.3, 0.4) is 0 Å². The topological polar surface area (TPSA) is 38.3 Å². The molecule has 3 nitrogen and oxygen atoms in total. The number of benzene rings is 2. The third kappa shape index (κ3) is 6.24. The molecule has 4 heteroatoms. The number of carbonyl (C=O) groups excluding carboxylic acids is 1. The van der Waals surface area contributed by atoms with Crippen molar-refractivity contribution in [3.05, 3.63) is 93.5 Å². The molecule has 1 aliphatic rings. The zero-order valence-electron chi connectivity index (χ0n) is 16.2. The van der Waals surface area contributed by atoms with E-state index in [-0.39, 0.29) is 5.91 Å². The van der Waals surface area contributed by atoms with Crippen LogP contribution in [0.4, 0.5) is 5.69 Å². The first-order valence-corrected chi connectivity index (χ1v) is 10.1. The van der Waals surface area contributed by atoms with Gasteiger partial charge in [-0.1, -0.05) is 57.9 Å². The van der Waals surface area contributed by atoms with Gasteiger partial charge in [0.15, 0.2) is 0 Å². The highest BCUT2D eigenvalue weighted by molar-refractivity contribution is 9.10. The van der Waals surface area contributed by atoms with Gasteiger partial charge in [-0.25, -0.2) is 0 Å². The summed E-state index contributed by atoms with van der Waals surface area (Å²) in [7, 11) is 0. The van der Waals surface area contributed by atoms with E-state index >= 15 is 0 Å². The Balaban J connectivity index is 1.57. The van der Waals surface area contributed by atoms with Crippen LogP contribution in [-0.4, -0.2) is 5.91 Å². The first-order chi connectivity index (χ1) is 13.5. The summed E-state index contributed by atoms with van der Waals surface area (Å²) in [6.45, 7) is 4.59. The molecular weight excluding hydrogens is 414 g/mol. The van der Waals surface area contributed by atoms with E-state index in [4.69, 9.17) is 4.74 Å². The van der Waals surface area contributed by atoms with Gasteiger partial charge in [0.2, 0.25) is 5.91 Å². The highest BCUT2D eigenvalue weighted by Gasteiger charge is 2.07. The number of hydrogen-bond donors (Lipinski definition) is 1. The van der Waals surface area contributed by atoms with Crippen LogP contribution in [0.15, 0.2) is 82.4 Å². The molecule has 0 aromatic heterocycles. The number of rotatable bonds is 6. The van der Waals surface area contributed by atoms with Gasteiger partial charge in [-0.2, -0.15) is 0 Å². The molecule has 0 bridgehead atoms. The summed E-state index contributed by atoms with van der Waals surface area (Å²) in [4.78, 5) is 12.4. The normalized spacial score (nSPS) is 13.4. The molecule has 0 spiro atoms. The molecular formula is C24H24BrNO2. The van der Waals surface area contributed by atoms with Crippen molar-refractivity contribution in [1.82, 2.24) is 0 Å². The molecule has 1 amide bonds. The Kier molecular flexibility index (Phi) is 6.88. The maximum Gasteiger partial charge on any atom is 0.228 e. The van der Waals surface area contributed by atoms with Crippen molar-refractivity contribution in [2.45, 2.75) is 33.3 Å². The summed E-state index contributed by atoms with van der Waals surface area (Å²) in [5.74, 6) is 0.694. The predicted octanol–water partition coefficient (Wildman–Crippen LogP) is 6.50. The van der Waals surface area contributed by atoms with Crippen molar-refractivity contribution in [2.24, 2.45) is 0 Å². The van der Waals surface area contributed by atoms with Gasteiger partial charge >= 0.3 is 0 Å². The molecule has 0 atom stereocenters. The van der Waals surface area contributed by atoms with Gasteiger partial charge in [0, 0.05) is 16.2 Å². The van der Waals surface area contributed by atoms with Crippen molar-refractivity contribution < 1.29 is 9.53 Å². The van der Waals surface area contributed by atoms with Crippen molar-refractivity contribution in [1.29, 1.82) is 0 Å². The summed E-state index contributed by atoms with van der Waals surface area (Å²) in [6, 6.07) is 13.7. The number of ether oxygens (including phenoxy) is 1. The fourth-order valence-electron chi connectivity index (χ4n) is 3.02.